The van der Waals surface area contributed by atoms with E-state index in [1.165, 1.54) is 81.0 Å². The number of piperidine rings is 3. The Morgan fingerprint density at radius 3 is 2.46 bits per heavy atom. The average molecular weight is 554 g/mol. The Morgan fingerprint density at radius 1 is 0.974 bits per heavy atom. The number of carbonyl (C=O) groups is 1. The number of hydrogen-bond acceptors (Lipinski definition) is 3. The topological polar surface area (TPSA) is 26.8 Å². The Balaban J connectivity index is 1.29. The molecule has 1 atom stereocenters. The van der Waals surface area contributed by atoms with Gasteiger partial charge in [-0.3, -0.25) is 4.79 Å². The molecule has 3 aliphatic rings. The predicted octanol–water partition coefficient (Wildman–Crippen LogP) is 6.54. The molecule has 39 heavy (non-hydrogen) atoms. The largest absolute Gasteiger partial charge is 0.342 e. The summed E-state index contributed by atoms with van der Waals surface area (Å²) in [6, 6.07) is 12.3. The third-order valence-corrected chi connectivity index (χ3v) is 10.2. The number of benzene rings is 2. The van der Waals surface area contributed by atoms with Crippen LogP contribution in [0.15, 0.2) is 36.4 Å². The van der Waals surface area contributed by atoms with Crippen molar-refractivity contribution in [3.8, 4) is 0 Å². The first-order valence-electron chi connectivity index (χ1n) is 15.1. The third-order valence-electron chi connectivity index (χ3n) is 9.81. The van der Waals surface area contributed by atoms with Crippen LogP contribution in [0, 0.1) is 19.7 Å². The van der Waals surface area contributed by atoms with Crippen molar-refractivity contribution in [2.75, 3.05) is 45.8 Å². The summed E-state index contributed by atoms with van der Waals surface area (Å²) in [7, 11) is 0. The van der Waals surface area contributed by atoms with Gasteiger partial charge in [0.1, 0.15) is 5.82 Å². The molecule has 212 valence electrons. The molecule has 5 rings (SSSR count). The summed E-state index contributed by atoms with van der Waals surface area (Å²) in [6.07, 6.45) is 9.73. The van der Waals surface area contributed by atoms with Gasteiger partial charge in [0.15, 0.2) is 0 Å². The SMILES string of the molecule is Cc1ccc([C@@]2(CCN3CCC(N4CCCCC4)CC3)CCCN(C(=O)Cc3c(F)cccc3Cl)C2)cc1C. The summed E-state index contributed by atoms with van der Waals surface area (Å²) in [5.41, 5.74) is 4.16. The van der Waals surface area contributed by atoms with Crippen LogP contribution in [0.5, 0.6) is 0 Å². The first kappa shape index (κ1) is 28.6. The zero-order chi connectivity index (χ0) is 27.4. The van der Waals surface area contributed by atoms with E-state index in [2.05, 4.69) is 41.8 Å². The molecule has 2 aromatic carbocycles. The number of likely N-dealkylation sites (tertiary alicyclic amines) is 3. The molecule has 0 unspecified atom stereocenters. The molecule has 1 amide bonds. The summed E-state index contributed by atoms with van der Waals surface area (Å²) in [4.78, 5) is 20.9. The van der Waals surface area contributed by atoms with Crippen molar-refractivity contribution in [1.29, 1.82) is 0 Å². The van der Waals surface area contributed by atoms with Crippen LogP contribution in [0.1, 0.15) is 73.6 Å². The minimum absolute atomic E-state index is 0.0124. The molecule has 3 fully saturated rings. The molecule has 6 heteroatoms. The molecule has 3 saturated heterocycles. The fourth-order valence-electron chi connectivity index (χ4n) is 7.13. The maximum absolute atomic E-state index is 14.5. The van der Waals surface area contributed by atoms with Crippen molar-refractivity contribution >= 4 is 17.5 Å². The summed E-state index contributed by atoms with van der Waals surface area (Å²) in [6.45, 7) is 11.7. The Hall–Kier alpha value is -1.95. The second kappa shape index (κ2) is 12.7. The van der Waals surface area contributed by atoms with E-state index >= 15 is 0 Å². The standard InChI is InChI=1S/C33H45ClFN3O/c1-25-10-11-27(22-26(25)2)33(15-21-36-19-12-28(13-20-36)37-16-4-3-5-17-37)14-7-18-38(24-33)32(39)23-29-30(34)8-6-9-31(29)35/h6,8-11,22,28H,3-5,7,12-21,23-24H2,1-2H3/t33-/m1/s1. The van der Waals surface area contributed by atoms with Gasteiger partial charge in [-0.05, 0) is 120 Å². The van der Waals surface area contributed by atoms with Crippen LogP contribution in [-0.4, -0.2) is 72.5 Å². The highest BCUT2D eigenvalue weighted by molar-refractivity contribution is 6.31. The van der Waals surface area contributed by atoms with E-state index in [0.717, 1.165) is 38.4 Å². The number of hydrogen-bond donors (Lipinski definition) is 0. The van der Waals surface area contributed by atoms with E-state index in [-0.39, 0.29) is 17.7 Å². The Morgan fingerprint density at radius 2 is 1.74 bits per heavy atom. The van der Waals surface area contributed by atoms with Gasteiger partial charge < -0.3 is 14.7 Å². The highest BCUT2D eigenvalue weighted by Crippen LogP contribution is 2.39. The number of halogens is 2. The van der Waals surface area contributed by atoms with Gasteiger partial charge in [0.05, 0.1) is 6.42 Å². The molecule has 3 heterocycles. The lowest BCUT2D eigenvalue weighted by Crippen LogP contribution is -2.51. The van der Waals surface area contributed by atoms with Crippen LogP contribution >= 0.6 is 11.6 Å². The Bertz CT molecular complexity index is 1120. The summed E-state index contributed by atoms with van der Waals surface area (Å²) >= 11 is 6.27. The fourth-order valence-corrected chi connectivity index (χ4v) is 7.36. The summed E-state index contributed by atoms with van der Waals surface area (Å²) in [5, 5.41) is 0.328. The number of amides is 1. The number of carbonyl (C=O) groups excluding carboxylic acids is 1. The van der Waals surface area contributed by atoms with Gasteiger partial charge in [-0.2, -0.15) is 0 Å². The first-order chi connectivity index (χ1) is 18.8. The molecule has 2 aromatic rings. The van der Waals surface area contributed by atoms with Crippen LogP contribution in [0.3, 0.4) is 0 Å². The van der Waals surface area contributed by atoms with Crippen LogP contribution in [0.2, 0.25) is 5.02 Å². The molecule has 0 N–H and O–H groups in total. The molecule has 0 saturated carbocycles. The van der Waals surface area contributed by atoms with Gasteiger partial charge in [-0.15, -0.1) is 0 Å². The monoisotopic (exact) mass is 553 g/mol. The van der Waals surface area contributed by atoms with Crippen LogP contribution in [0.4, 0.5) is 4.39 Å². The molecular weight excluding hydrogens is 509 g/mol. The van der Waals surface area contributed by atoms with Gasteiger partial charge in [0, 0.05) is 35.1 Å². The Labute approximate surface area is 239 Å². The van der Waals surface area contributed by atoms with Crippen molar-refractivity contribution in [1.82, 2.24) is 14.7 Å². The van der Waals surface area contributed by atoms with E-state index in [1.807, 2.05) is 4.90 Å². The van der Waals surface area contributed by atoms with E-state index in [9.17, 15) is 9.18 Å². The smallest absolute Gasteiger partial charge is 0.227 e. The van der Waals surface area contributed by atoms with Gasteiger partial charge in [-0.25, -0.2) is 4.39 Å². The predicted molar refractivity (Wildman–Crippen MR) is 158 cm³/mol. The molecule has 0 aliphatic carbocycles. The minimum Gasteiger partial charge on any atom is -0.342 e. The molecular formula is C33H45ClFN3O. The van der Waals surface area contributed by atoms with Crippen molar-refractivity contribution < 1.29 is 9.18 Å². The molecule has 0 bridgehead atoms. The van der Waals surface area contributed by atoms with Crippen molar-refractivity contribution in [3.05, 3.63) is 69.5 Å². The second-order valence-electron chi connectivity index (χ2n) is 12.3. The number of aryl methyl sites for hydroxylation is 2. The zero-order valence-corrected chi connectivity index (χ0v) is 24.6. The second-order valence-corrected chi connectivity index (χ2v) is 12.7. The quantitative estimate of drug-likeness (QED) is 0.389. The average Bonchev–Trinajstić information content (AvgIpc) is 2.96. The number of nitrogens with zero attached hydrogens (tertiary/aromatic N) is 3. The van der Waals surface area contributed by atoms with Crippen LogP contribution < -0.4 is 0 Å². The van der Waals surface area contributed by atoms with E-state index < -0.39 is 5.82 Å². The lowest BCUT2D eigenvalue weighted by molar-refractivity contribution is -0.133. The molecule has 0 spiro atoms. The van der Waals surface area contributed by atoms with Crippen molar-refractivity contribution in [3.63, 3.8) is 0 Å². The van der Waals surface area contributed by atoms with Gasteiger partial charge >= 0.3 is 0 Å². The lowest BCUT2D eigenvalue weighted by atomic mass is 9.71. The molecule has 0 radical (unpaired) electrons. The first-order valence-corrected chi connectivity index (χ1v) is 15.5. The zero-order valence-electron chi connectivity index (χ0n) is 23.9. The van der Waals surface area contributed by atoms with Crippen molar-refractivity contribution in [2.45, 2.75) is 83.1 Å². The summed E-state index contributed by atoms with van der Waals surface area (Å²) < 4.78 is 14.5. The van der Waals surface area contributed by atoms with Gasteiger partial charge in [0.2, 0.25) is 5.91 Å². The fraction of sp³-hybridized carbons (Fsp3) is 0.606. The normalized spacial score (nSPS) is 23.7. The number of rotatable bonds is 7. The van der Waals surface area contributed by atoms with E-state index in [1.54, 1.807) is 12.1 Å². The van der Waals surface area contributed by atoms with E-state index in [0.29, 0.717) is 17.1 Å². The highest BCUT2D eigenvalue weighted by atomic mass is 35.5. The van der Waals surface area contributed by atoms with Gasteiger partial charge in [-0.1, -0.05) is 42.3 Å². The molecule has 4 nitrogen and oxygen atoms in total. The maximum atomic E-state index is 14.5. The third kappa shape index (κ3) is 6.69. The minimum atomic E-state index is -0.402. The van der Waals surface area contributed by atoms with Crippen molar-refractivity contribution in [2.24, 2.45) is 0 Å². The maximum Gasteiger partial charge on any atom is 0.227 e. The highest BCUT2D eigenvalue weighted by Gasteiger charge is 2.39. The van der Waals surface area contributed by atoms with E-state index in [4.69, 9.17) is 11.6 Å². The van der Waals surface area contributed by atoms with Gasteiger partial charge in [0.25, 0.3) is 0 Å². The lowest BCUT2D eigenvalue weighted by Gasteiger charge is -2.45. The molecule has 3 aliphatic heterocycles. The Kier molecular flexibility index (Phi) is 9.31. The summed E-state index contributed by atoms with van der Waals surface area (Å²) in [5.74, 6) is -0.432. The van der Waals surface area contributed by atoms with Crippen LogP contribution in [0.25, 0.3) is 0 Å². The molecule has 0 aromatic heterocycles. The van der Waals surface area contributed by atoms with Crippen LogP contribution in [-0.2, 0) is 16.6 Å².